The van der Waals surface area contributed by atoms with Gasteiger partial charge in [0, 0.05) is 26.0 Å². The van der Waals surface area contributed by atoms with Crippen molar-refractivity contribution in [2.75, 3.05) is 0 Å². The molecule has 0 aliphatic heterocycles. The summed E-state index contributed by atoms with van der Waals surface area (Å²) in [6, 6.07) is 0. The number of imidazole rings is 1. The van der Waals surface area contributed by atoms with Gasteiger partial charge in [0.1, 0.15) is 0 Å². The van der Waals surface area contributed by atoms with Crippen molar-refractivity contribution in [2.45, 2.75) is 6.92 Å². The summed E-state index contributed by atoms with van der Waals surface area (Å²) >= 11 is 0. The van der Waals surface area contributed by atoms with E-state index in [4.69, 9.17) is 5.84 Å². The van der Waals surface area contributed by atoms with Gasteiger partial charge < -0.3 is 15.0 Å². The highest BCUT2D eigenvalue weighted by Gasteiger charge is 1.96. The molecule has 56 valence electrons. The molecule has 0 fully saturated rings. The SMILES string of the molecule is Cc1cn(C)/c(=N/N)n1C. The molecule has 0 aliphatic carbocycles. The fraction of sp³-hybridized carbons (Fsp3) is 0.500. The molecule has 10 heavy (non-hydrogen) atoms. The predicted octanol–water partition coefficient (Wildman–Crippen LogP) is -0.554. The summed E-state index contributed by atoms with van der Waals surface area (Å²) < 4.78 is 3.81. The van der Waals surface area contributed by atoms with Gasteiger partial charge in [-0.2, -0.15) is 0 Å². The molecule has 0 aliphatic rings. The second kappa shape index (κ2) is 2.21. The van der Waals surface area contributed by atoms with Crippen molar-refractivity contribution in [3.05, 3.63) is 17.5 Å². The minimum absolute atomic E-state index is 0.775. The highest BCUT2D eigenvalue weighted by atomic mass is 15.3. The quantitative estimate of drug-likeness (QED) is 0.381. The zero-order valence-corrected chi connectivity index (χ0v) is 6.50. The van der Waals surface area contributed by atoms with Crippen molar-refractivity contribution < 1.29 is 0 Å². The lowest BCUT2D eigenvalue weighted by molar-refractivity contribution is 0.719. The lowest BCUT2D eigenvalue weighted by Crippen LogP contribution is -2.24. The smallest absolute Gasteiger partial charge is 0.226 e. The third-order valence-electron chi connectivity index (χ3n) is 1.64. The molecule has 1 aromatic rings. The van der Waals surface area contributed by atoms with Gasteiger partial charge in [-0.25, -0.2) is 0 Å². The Balaban J connectivity index is 3.50. The van der Waals surface area contributed by atoms with E-state index in [1.54, 1.807) is 0 Å². The first-order valence-electron chi connectivity index (χ1n) is 3.09. The van der Waals surface area contributed by atoms with Crippen molar-refractivity contribution in [1.29, 1.82) is 0 Å². The molecule has 1 heterocycles. The van der Waals surface area contributed by atoms with Crippen LogP contribution in [0.2, 0.25) is 0 Å². The first kappa shape index (κ1) is 6.92. The zero-order chi connectivity index (χ0) is 7.72. The molecule has 1 aromatic heterocycles. The van der Waals surface area contributed by atoms with Crippen LogP contribution in [0.15, 0.2) is 11.3 Å². The van der Waals surface area contributed by atoms with Crippen molar-refractivity contribution in [3.63, 3.8) is 0 Å². The first-order valence-corrected chi connectivity index (χ1v) is 3.09. The van der Waals surface area contributed by atoms with Crippen LogP contribution in [0.4, 0.5) is 0 Å². The fourth-order valence-electron chi connectivity index (χ4n) is 0.997. The summed E-state index contributed by atoms with van der Waals surface area (Å²) in [7, 11) is 3.85. The Hall–Kier alpha value is -1.19. The van der Waals surface area contributed by atoms with E-state index in [9.17, 15) is 0 Å². The third-order valence-corrected chi connectivity index (χ3v) is 1.64. The maximum absolute atomic E-state index is 5.15. The molecule has 0 unspecified atom stereocenters. The molecule has 0 atom stereocenters. The van der Waals surface area contributed by atoms with Crippen molar-refractivity contribution in [3.8, 4) is 0 Å². The van der Waals surface area contributed by atoms with Crippen LogP contribution in [-0.4, -0.2) is 9.13 Å². The van der Waals surface area contributed by atoms with E-state index in [-0.39, 0.29) is 0 Å². The van der Waals surface area contributed by atoms with Crippen LogP contribution < -0.4 is 11.5 Å². The van der Waals surface area contributed by atoms with Crippen molar-refractivity contribution in [2.24, 2.45) is 25.0 Å². The molecule has 0 amide bonds. The van der Waals surface area contributed by atoms with Crippen LogP contribution in [-0.2, 0) is 14.1 Å². The molecule has 2 N–H and O–H groups in total. The highest BCUT2D eigenvalue weighted by molar-refractivity contribution is 4.94. The molecular weight excluding hydrogens is 128 g/mol. The Morgan fingerprint density at radius 2 is 2.10 bits per heavy atom. The van der Waals surface area contributed by atoms with Crippen molar-refractivity contribution >= 4 is 0 Å². The Labute approximate surface area is 59.6 Å². The van der Waals surface area contributed by atoms with E-state index >= 15 is 0 Å². The lowest BCUT2D eigenvalue weighted by Gasteiger charge is -1.92. The van der Waals surface area contributed by atoms with Gasteiger partial charge in [-0.1, -0.05) is 0 Å². The largest absolute Gasteiger partial charge is 0.320 e. The molecule has 0 saturated carbocycles. The van der Waals surface area contributed by atoms with Crippen LogP contribution in [0.5, 0.6) is 0 Å². The van der Waals surface area contributed by atoms with Gasteiger partial charge in [0.15, 0.2) is 0 Å². The minimum Gasteiger partial charge on any atom is -0.320 e. The van der Waals surface area contributed by atoms with E-state index in [1.165, 1.54) is 0 Å². The van der Waals surface area contributed by atoms with E-state index in [1.807, 2.05) is 36.4 Å². The molecule has 0 bridgehead atoms. The van der Waals surface area contributed by atoms with Crippen LogP contribution in [0.25, 0.3) is 0 Å². The van der Waals surface area contributed by atoms with Gasteiger partial charge in [-0.05, 0) is 6.92 Å². The highest BCUT2D eigenvalue weighted by Crippen LogP contribution is 1.88. The Morgan fingerprint density at radius 1 is 1.50 bits per heavy atom. The van der Waals surface area contributed by atoms with Gasteiger partial charge in [-0.3, -0.25) is 0 Å². The zero-order valence-electron chi connectivity index (χ0n) is 6.50. The summed E-state index contributed by atoms with van der Waals surface area (Å²) in [6.07, 6.45) is 1.98. The number of nitrogens with two attached hydrogens (primary N) is 1. The van der Waals surface area contributed by atoms with Crippen LogP contribution >= 0.6 is 0 Å². The molecule has 1 rings (SSSR count). The predicted molar refractivity (Wildman–Crippen MR) is 38.9 cm³/mol. The number of nitrogens with zero attached hydrogens (tertiary/aromatic N) is 3. The number of aromatic nitrogens is 2. The number of aryl methyl sites for hydroxylation is 2. The standard InChI is InChI=1S/C6H12N4/c1-5-4-9(2)6(8-7)10(5)3/h4H,7H2,1-3H3/b8-6-. The van der Waals surface area contributed by atoms with Crippen LogP contribution in [0, 0.1) is 6.92 Å². The number of hydrogen-bond donors (Lipinski definition) is 1. The van der Waals surface area contributed by atoms with Gasteiger partial charge in [0.2, 0.25) is 5.62 Å². The van der Waals surface area contributed by atoms with Gasteiger partial charge in [0.25, 0.3) is 0 Å². The molecule has 0 spiro atoms. The number of rotatable bonds is 0. The Bertz CT molecular complexity index is 291. The molecule has 4 heteroatoms. The van der Waals surface area contributed by atoms with Crippen LogP contribution in [0.1, 0.15) is 5.69 Å². The fourth-order valence-corrected chi connectivity index (χ4v) is 0.997. The van der Waals surface area contributed by atoms with Gasteiger partial charge in [0.05, 0.1) is 0 Å². The molecule has 0 saturated heterocycles. The van der Waals surface area contributed by atoms with Crippen LogP contribution in [0.3, 0.4) is 0 Å². The maximum Gasteiger partial charge on any atom is 0.226 e. The topological polar surface area (TPSA) is 48.2 Å². The number of hydrogen-bond acceptors (Lipinski definition) is 2. The molecule has 4 nitrogen and oxygen atoms in total. The van der Waals surface area contributed by atoms with E-state index in [0.717, 1.165) is 11.3 Å². The monoisotopic (exact) mass is 140 g/mol. The minimum atomic E-state index is 0.775. The lowest BCUT2D eigenvalue weighted by atomic mass is 10.5. The Kier molecular flexibility index (Phi) is 1.53. The van der Waals surface area contributed by atoms with Crippen molar-refractivity contribution in [1.82, 2.24) is 9.13 Å². The second-order valence-corrected chi connectivity index (χ2v) is 2.37. The van der Waals surface area contributed by atoms with E-state index in [2.05, 4.69) is 5.10 Å². The summed E-state index contributed by atoms with van der Waals surface area (Å²) in [5.74, 6) is 5.15. The van der Waals surface area contributed by atoms with Gasteiger partial charge in [-0.15, -0.1) is 5.10 Å². The first-order chi connectivity index (χ1) is 4.66. The summed E-state index contributed by atoms with van der Waals surface area (Å²) in [5, 5.41) is 3.62. The summed E-state index contributed by atoms with van der Waals surface area (Å²) in [5.41, 5.74) is 1.92. The summed E-state index contributed by atoms with van der Waals surface area (Å²) in [4.78, 5) is 0. The third kappa shape index (κ3) is 0.814. The summed E-state index contributed by atoms with van der Waals surface area (Å²) in [6.45, 7) is 2.01. The average molecular weight is 140 g/mol. The average Bonchev–Trinajstić information content (AvgIpc) is 2.09. The van der Waals surface area contributed by atoms with Gasteiger partial charge >= 0.3 is 0 Å². The molecule has 0 aromatic carbocycles. The van der Waals surface area contributed by atoms with E-state index in [0.29, 0.717) is 0 Å². The normalized spacial score (nSPS) is 12.5. The second-order valence-electron chi connectivity index (χ2n) is 2.37. The van der Waals surface area contributed by atoms with E-state index < -0.39 is 0 Å². The maximum atomic E-state index is 5.15. The Morgan fingerprint density at radius 3 is 2.30 bits per heavy atom. The molecular formula is C6H12N4. The molecule has 0 radical (unpaired) electrons.